The van der Waals surface area contributed by atoms with Crippen LogP contribution in [-0.2, 0) is 11.4 Å². The molecule has 0 aliphatic carbocycles. The molecule has 4 heteroatoms. The van der Waals surface area contributed by atoms with Crippen molar-refractivity contribution in [2.24, 2.45) is 0 Å². The highest BCUT2D eigenvalue weighted by Crippen LogP contribution is 2.37. The maximum Gasteiger partial charge on any atom is 0.222 e. The largest absolute Gasteiger partial charge is 0.489 e. The third-order valence-electron chi connectivity index (χ3n) is 4.15. The average molecular weight is 430 g/mol. The first-order valence-corrected chi connectivity index (χ1v) is 9.50. The summed E-state index contributed by atoms with van der Waals surface area (Å²) in [7, 11) is 0. The summed E-state index contributed by atoms with van der Waals surface area (Å²) in [6.07, 6.45) is 0.212. The zero-order chi connectivity index (χ0) is 18.4. The van der Waals surface area contributed by atoms with Crippen molar-refractivity contribution in [3.8, 4) is 5.75 Å². The second-order valence-electron chi connectivity index (χ2n) is 5.98. The first-order valence-electron chi connectivity index (χ1n) is 8.33. The van der Waals surface area contributed by atoms with Crippen LogP contribution in [0.3, 0.4) is 0 Å². The molecule has 3 rings (SSSR count). The standard InChI is InChI=1S/C22H18BrClO2/c23-18-11-12-21(26-15-16-7-3-1-4-8-16)20(13-18)19(14-22(24)25)17-9-5-2-6-10-17/h1-13,19H,14-15H2. The predicted molar refractivity (Wildman–Crippen MR) is 109 cm³/mol. The van der Waals surface area contributed by atoms with Crippen molar-refractivity contribution in [3.05, 3.63) is 100 Å². The lowest BCUT2D eigenvalue weighted by atomic mass is 9.88. The summed E-state index contributed by atoms with van der Waals surface area (Å²) in [6.45, 7) is 0.464. The summed E-state index contributed by atoms with van der Waals surface area (Å²) in [5.74, 6) is 0.591. The van der Waals surface area contributed by atoms with Gasteiger partial charge in [0.2, 0.25) is 5.24 Å². The fourth-order valence-corrected chi connectivity index (χ4v) is 3.44. The molecular weight excluding hydrogens is 412 g/mol. The number of halogens is 2. The highest BCUT2D eigenvalue weighted by atomic mass is 79.9. The van der Waals surface area contributed by atoms with Crippen LogP contribution in [0.15, 0.2) is 83.3 Å². The van der Waals surface area contributed by atoms with Gasteiger partial charge in [-0.1, -0.05) is 76.6 Å². The summed E-state index contributed by atoms with van der Waals surface area (Å²) in [4.78, 5) is 11.7. The van der Waals surface area contributed by atoms with Crippen molar-refractivity contribution in [2.45, 2.75) is 18.9 Å². The van der Waals surface area contributed by atoms with E-state index in [4.69, 9.17) is 16.3 Å². The number of ether oxygens (including phenoxy) is 1. The molecule has 0 saturated heterocycles. The summed E-state index contributed by atoms with van der Waals surface area (Å²) in [5, 5.41) is -0.368. The van der Waals surface area contributed by atoms with Gasteiger partial charge in [0, 0.05) is 22.4 Å². The van der Waals surface area contributed by atoms with E-state index in [9.17, 15) is 4.79 Å². The third-order valence-corrected chi connectivity index (χ3v) is 4.80. The summed E-state index contributed by atoms with van der Waals surface area (Å²) < 4.78 is 7.02. The Labute approximate surface area is 166 Å². The highest BCUT2D eigenvalue weighted by molar-refractivity contribution is 9.10. The minimum Gasteiger partial charge on any atom is -0.489 e. The Hall–Kier alpha value is -2.10. The lowest BCUT2D eigenvalue weighted by molar-refractivity contribution is -0.111. The second-order valence-corrected chi connectivity index (χ2v) is 7.32. The van der Waals surface area contributed by atoms with Gasteiger partial charge in [0.05, 0.1) is 0 Å². The van der Waals surface area contributed by atoms with Crippen LogP contribution in [-0.4, -0.2) is 5.24 Å². The van der Waals surface area contributed by atoms with Crippen molar-refractivity contribution >= 4 is 32.8 Å². The van der Waals surface area contributed by atoms with Crippen LogP contribution < -0.4 is 4.74 Å². The van der Waals surface area contributed by atoms with Crippen LogP contribution in [0.1, 0.15) is 29.0 Å². The van der Waals surface area contributed by atoms with Crippen molar-refractivity contribution in [1.82, 2.24) is 0 Å². The average Bonchev–Trinajstić information content (AvgIpc) is 2.66. The zero-order valence-corrected chi connectivity index (χ0v) is 16.4. The SMILES string of the molecule is O=C(Cl)CC(c1ccccc1)c1cc(Br)ccc1OCc1ccccc1. The second kappa shape index (κ2) is 9.02. The number of hydrogen-bond acceptors (Lipinski definition) is 2. The lowest BCUT2D eigenvalue weighted by Gasteiger charge is -2.20. The molecule has 0 amide bonds. The van der Waals surface area contributed by atoms with E-state index in [1.54, 1.807) is 0 Å². The van der Waals surface area contributed by atoms with Crippen molar-refractivity contribution in [1.29, 1.82) is 0 Å². The van der Waals surface area contributed by atoms with Crippen LogP contribution in [0.5, 0.6) is 5.75 Å². The molecule has 0 aliphatic heterocycles. The molecule has 0 aliphatic rings. The number of carbonyl (C=O) groups is 1. The van der Waals surface area contributed by atoms with Gasteiger partial charge in [-0.2, -0.15) is 0 Å². The minimum absolute atomic E-state index is 0.163. The summed E-state index contributed by atoms with van der Waals surface area (Å²) in [5.41, 5.74) is 3.06. The van der Waals surface area contributed by atoms with Crippen molar-refractivity contribution in [3.63, 3.8) is 0 Å². The Balaban J connectivity index is 1.95. The van der Waals surface area contributed by atoms with Crippen LogP contribution in [0, 0.1) is 0 Å². The molecule has 3 aromatic carbocycles. The Kier molecular flexibility index (Phi) is 6.48. The molecule has 0 fully saturated rings. The van der Waals surface area contributed by atoms with Gasteiger partial charge in [-0.25, -0.2) is 0 Å². The molecule has 2 nitrogen and oxygen atoms in total. The molecule has 0 radical (unpaired) electrons. The Morgan fingerprint density at radius 3 is 2.27 bits per heavy atom. The van der Waals surface area contributed by atoms with Gasteiger partial charge in [0.25, 0.3) is 0 Å². The molecule has 0 heterocycles. The van der Waals surface area contributed by atoms with Gasteiger partial charge in [0.1, 0.15) is 12.4 Å². The van der Waals surface area contributed by atoms with E-state index >= 15 is 0 Å². The zero-order valence-electron chi connectivity index (χ0n) is 14.1. The van der Waals surface area contributed by atoms with Gasteiger partial charge < -0.3 is 4.74 Å². The van der Waals surface area contributed by atoms with Gasteiger partial charge >= 0.3 is 0 Å². The fraction of sp³-hybridized carbons (Fsp3) is 0.136. The first-order chi connectivity index (χ1) is 12.6. The fourth-order valence-electron chi connectivity index (χ4n) is 2.91. The molecule has 0 bridgehead atoms. The number of rotatable bonds is 7. The number of hydrogen-bond donors (Lipinski definition) is 0. The van der Waals surface area contributed by atoms with E-state index in [-0.39, 0.29) is 17.6 Å². The van der Waals surface area contributed by atoms with E-state index in [1.807, 2.05) is 78.9 Å². The van der Waals surface area contributed by atoms with E-state index < -0.39 is 0 Å². The first kappa shape index (κ1) is 18.7. The molecule has 1 atom stereocenters. The molecular formula is C22H18BrClO2. The normalized spacial score (nSPS) is 11.8. The summed E-state index contributed by atoms with van der Waals surface area (Å²) in [6, 6.07) is 25.8. The Morgan fingerprint density at radius 1 is 0.962 bits per heavy atom. The van der Waals surface area contributed by atoms with E-state index in [0.717, 1.165) is 26.9 Å². The maximum absolute atomic E-state index is 11.7. The molecule has 26 heavy (non-hydrogen) atoms. The highest BCUT2D eigenvalue weighted by Gasteiger charge is 2.21. The Morgan fingerprint density at radius 2 is 1.62 bits per heavy atom. The number of benzene rings is 3. The predicted octanol–water partition coefficient (Wildman–Crippen LogP) is 6.32. The number of carbonyl (C=O) groups excluding carboxylic acids is 1. The molecule has 1 unspecified atom stereocenters. The van der Waals surface area contributed by atoms with Crippen LogP contribution in [0.4, 0.5) is 0 Å². The van der Waals surface area contributed by atoms with Gasteiger partial charge in [-0.15, -0.1) is 0 Å². The molecule has 132 valence electrons. The topological polar surface area (TPSA) is 26.3 Å². The van der Waals surface area contributed by atoms with Gasteiger partial charge in [-0.05, 0) is 40.9 Å². The monoisotopic (exact) mass is 428 g/mol. The van der Waals surface area contributed by atoms with Gasteiger partial charge in [-0.3, -0.25) is 4.79 Å². The van der Waals surface area contributed by atoms with Crippen LogP contribution >= 0.6 is 27.5 Å². The van der Waals surface area contributed by atoms with Crippen LogP contribution in [0.25, 0.3) is 0 Å². The van der Waals surface area contributed by atoms with Gasteiger partial charge in [0.15, 0.2) is 0 Å². The molecule has 0 spiro atoms. The molecule has 0 N–H and O–H groups in total. The molecule has 0 saturated carbocycles. The quantitative estimate of drug-likeness (QED) is 0.411. The smallest absolute Gasteiger partial charge is 0.222 e. The van der Waals surface area contributed by atoms with Crippen molar-refractivity contribution in [2.75, 3.05) is 0 Å². The minimum atomic E-state index is -0.368. The third kappa shape index (κ3) is 4.96. The Bertz CT molecular complexity index is 866. The van der Waals surface area contributed by atoms with Crippen LogP contribution in [0.2, 0.25) is 0 Å². The van der Waals surface area contributed by atoms with Crippen molar-refractivity contribution < 1.29 is 9.53 Å². The lowest BCUT2D eigenvalue weighted by Crippen LogP contribution is -2.08. The maximum atomic E-state index is 11.7. The molecule has 3 aromatic rings. The van der Waals surface area contributed by atoms with E-state index in [2.05, 4.69) is 15.9 Å². The summed E-state index contributed by atoms with van der Waals surface area (Å²) >= 11 is 9.27. The van der Waals surface area contributed by atoms with E-state index in [0.29, 0.717) is 6.61 Å². The molecule has 0 aromatic heterocycles. The van der Waals surface area contributed by atoms with E-state index in [1.165, 1.54) is 0 Å².